The van der Waals surface area contributed by atoms with Crippen LogP contribution < -0.4 is 0 Å². The van der Waals surface area contributed by atoms with Crippen molar-refractivity contribution in [2.24, 2.45) is 0 Å². The van der Waals surface area contributed by atoms with Gasteiger partial charge in [0.15, 0.2) is 0 Å². The molecule has 5 heteroatoms. The highest BCUT2D eigenvalue weighted by Gasteiger charge is 2.30. The Hall–Kier alpha value is -1.19. The monoisotopic (exact) mass is 232 g/mol. The Morgan fingerprint density at radius 3 is 2.73 bits per heavy atom. The van der Waals surface area contributed by atoms with Crippen molar-refractivity contribution < 1.29 is 18.0 Å². The molecule has 1 nitrogen and oxygen atoms in total. The average Bonchev–Trinajstić information content (AvgIpc) is 2.17. The van der Waals surface area contributed by atoms with Crippen LogP contribution in [0.5, 0.6) is 0 Å². The fourth-order valence-electron chi connectivity index (χ4n) is 1.01. The minimum Gasteiger partial charge on any atom is -0.233 e. The molecule has 0 amide bonds. The first-order valence-corrected chi connectivity index (χ1v) is 5.06. The smallest absolute Gasteiger partial charge is 0.233 e. The minimum atomic E-state index is -4.32. The number of thioether (sulfide) groups is 1. The van der Waals surface area contributed by atoms with Crippen LogP contribution in [-0.4, -0.2) is 5.94 Å². The first kappa shape index (κ1) is 11.9. The van der Waals surface area contributed by atoms with Crippen LogP contribution in [0, 0.1) is 0 Å². The molecule has 0 aliphatic carbocycles. The summed E-state index contributed by atoms with van der Waals surface area (Å²) in [5.74, 6) is 1.88. The predicted molar refractivity (Wildman–Crippen MR) is 53.0 cm³/mol. The van der Waals surface area contributed by atoms with Crippen molar-refractivity contribution >= 4 is 17.7 Å². The van der Waals surface area contributed by atoms with E-state index in [9.17, 15) is 18.0 Å². The van der Waals surface area contributed by atoms with E-state index >= 15 is 0 Å². The van der Waals surface area contributed by atoms with Gasteiger partial charge in [-0.3, -0.25) is 0 Å². The second-order valence-electron chi connectivity index (χ2n) is 2.74. The Kier molecular flexibility index (Phi) is 4.00. The minimum absolute atomic E-state index is 0.332. The van der Waals surface area contributed by atoms with Crippen molar-refractivity contribution in [3.8, 4) is 0 Å². The molecule has 1 aromatic rings. The number of hydrogen-bond donors (Lipinski definition) is 0. The summed E-state index contributed by atoms with van der Waals surface area (Å²) < 4.78 is 36.8. The third-order valence-corrected chi connectivity index (χ3v) is 2.40. The van der Waals surface area contributed by atoms with Crippen molar-refractivity contribution in [1.29, 1.82) is 0 Å². The SMILES string of the molecule is O=C=CSCc1cccc(C(F)(F)F)c1. The van der Waals surface area contributed by atoms with Crippen LogP contribution in [0.25, 0.3) is 0 Å². The third kappa shape index (κ3) is 3.81. The molecule has 0 heterocycles. The van der Waals surface area contributed by atoms with Crippen molar-refractivity contribution in [1.82, 2.24) is 0 Å². The van der Waals surface area contributed by atoms with Gasteiger partial charge in [-0.25, -0.2) is 4.79 Å². The molecule has 0 unspecified atom stereocenters. The molecule has 0 bridgehead atoms. The van der Waals surface area contributed by atoms with Gasteiger partial charge in [0.25, 0.3) is 0 Å². The van der Waals surface area contributed by atoms with Crippen LogP contribution in [0.15, 0.2) is 29.7 Å². The molecule has 0 aliphatic heterocycles. The highest BCUT2D eigenvalue weighted by Crippen LogP contribution is 2.30. The summed E-state index contributed by atoms with van der Waals surface area (Å²) in [5.41, 5.74) is -0.142. The molecular weight excluding hydrogens is 225 g/mol. The molecular formula is C10H7F3OS. The van der Waals surface area contributed by atoms with E-state index in [4.69, 9.17) is 0 Å². The lowest BCUT2D eigenvalue weighted by Crippen LogP contribution is -2.04. The largest absolute Gasteiger partial charge is 0.416 e. The maximum absolute atomic E-state index is 12.3. The molecule has 0 fully saturated rings. The highest BCUT2D eigenvalue weighted by molar-refractivity contribution is 8.01. The molecule has 80 valence electrons. The molecule has 0 atom stereocenters. The third-order valence-electron chi connectivity index (χ3n) is 1.64. The number of carbonyl (C=O) groups excluding carboxylic acids is 1. The predicted octanol–water partition coefficient (Wildman–Crippen LogP) is 3.28. The second-order valence-corrected chi connectivity index (χ2v) is 3.60. The van der Waals surface area contributed by atoms with Crippen LogP contribution in [0.4, 0.5) is 13.2 Å². The molecule has 0 aromatic heterocycles. The molecule has 0 saturated heterocycles. The maximum Gasteiger partial charge on any atom is 0.416 e. The summed E-state index contributed by atoms with van der Waals surface area (Å²) in [6, 6.07) is 5.03. The van der Waals surface area contributed by atoms with Gasteiger partial charge < -0.3 is 0 Å². The summed E-state index contributed by atoms with van der Waals surface area (Å²) in [5, 5.41) is 1.18. The van der Waals surface area contributed by atoms with Crippen molar-refractivity contribution in [2.75, 3.05) is 0 Å². The van der Waals surface area contributed by atoms with Gasteiger partial charge >= 0.3 is 6.18 Å². The fraction of sp³-hybridized carbons (Fsp3) is 0.200. The number of benzene rings is 1. The van der Waals surface area contributed by atoms with Crippen LogP contribution >= 0.6 is 11.8 Å². The first-order valence-electron chi connectivity index (χ1n) is 4.01. The van der Waals surface area contributed by atoms with Gasteiger partial charge in [0.1, 0.15) is 5.94 Å². The number of rotatable bonds is 3. The standard InChI is InChI=1S/C10H7F3OS/c11-10(12,13)9-3-1-2-8(6-9)7-15-5-4-14/h1-3,5-6H,7H2. The Labute approximate surface area is 89.0 Å². The van der Waals surface area contributed by atoms with Crippen LogP contribution in [0.2, 0.25) is 0 Å². The molecule has 0 saturated carbocycles. The Balaban J connectivity index is 2.79. The maximum atomic E-state index is 12.3. The quantitative estimate of drug-likeness (QED) is 0.744. The van der Waals surface area contributed by atoms with E-state index in [1.807, 2.05) is 0 Å². The topological polar surface area (TPSA) is 17.1 Å². The van der Waals surface area contributed by atoms with Crippen LogP contribution in [-0.2, 0) is 16.7 Å². The van der Waals surface area contributed by atoms with Gasteiger partial charge in [0.05, 0.1) is 11.0 Å². The van der Waals surface area contributed by atoms with Gasteiger partial charge in [-0.05, 0) is 11.6 Å². The number of hydrogen-bond acceptors (Lipinski definition) is 2. The summed E-state index contributed by atoms with van der Waals surface area (Å²) in [7, 11) is 0. The van der Waals surface area contributed by atoms with Gasteiger partial charge in [-0.15, -0.1) is 11.8 Å². The zero-order valence-corrected chi connectivity index (χ0v) is 8.36. The van der Waals surface area contributed by atoms with E-state index < -0.39 is 11.7 Å². The zero-order chi connectivity index (χ0) is 11.3. The van der Waals surface area contributed by atoms with Crippen molar-refractivity contribution in [3.63, 3.8) is 0 Å². The molecule has 15 heavy (non-hydrogen) atoms. The van der Waals surface area contributed by atoms with Gasteiger partial charge in [0, 0.05) is 5.75 Å². The fourth-order valence-corrected chi connectivity index (χ4v) is 1.53. The molecule has 0 radical (unpaired) electrons. The normalized spacial score (nSPS) is 10.9. The lowest BCUT2D eigenvalue weighted by Gasteiger charge is -2.07. The first-order chi connectivity index (χ1) is 7.04. The highest BCUT2D eigenvalue weighted by atomic mass is 32.2. The van der Waals surface area contributed by atoms with Crippen LogP contribution in [0.3, 0.4) is 0 Å². The lowest BCUT2D eigenvalue weighted by atomic mass is 10.1. The van der Waals surface area contributed by atoms with E-state index in [0.29, 0.717) is 11.3 Å². The van der Waals surface area contributed by atoms with E-state index in [2.05, 4.69) is 0 Å². The van der Waals surface area contributed by atoms with E-state index in [0.717, 1.165) is 23.9 Å². The Bertz CT molecular complexity index is 380. The number of alkyl halides is 3. The lowest BCUT2D eigenvalue weighted by molar-refractivity contribution is -0.137. The van der Waals surface area contributed by atoms with Gasteiger partial charge in [-0.2, -0.15) is 13.2 Å². The van der Waals surface area contributed by atoms with Crippen molar-refractivity contribution in [3.05, 3.63) is 40.8 Å². The van der Waals surface area contributed by atoms with Gasteiger partial charge in [-0.1, -0.05) is 18.2 Å². The molecule has 1 rings (SSSR count). The Morgan fingerprint density at radius 2 is 2.13 bits per heavy atom. The average molecular weight is 232 g/mol. The summed E-state index contributed by atoms with van der Waals surface area (Å²) in [4.78, 5) is 9.84. The molecule has 0 N–H and O–H groups in total. The van der Waals surface area contributed by atoms with E-state index in [1.54, 1.807) is 12.0 Å². The Morgan fingerprint density at radius 1 is 1.40 bits per heavy atom. The van der Waals surface area contributed by atoms with Crippen LogP contribution in [0.1, 0.15) is 11.1 Å². The zero-order valence-electron chi connectivity index (χ0n) is 7.54. The van der Waals surface area contributed by atoms with Crippen molar-refractivity contribution in [2.45, 2.75) is 11.9 Å². The molecule has 0 spiro atoms. The van der Waals surface area contributed by atoms with E-state index in [1.165, 1.54) is 11.5 Å². The van der Waals surface area contributed by atoms with E-state index in [-0.39, 0.29) is 0 Å². The summed E-state index contributed by atoms with van der Waals surface area (Å²) in [6.45, 7) is 0. The summed E-state index contributed by atoms with van der Waals surface area (Å²) in [6.07, 6.45) is -4.32. The summed E-state index contributed by atoms with van der Waals surface area (Å²) >= 11 is 1.11. The second kappa shape index (κ2) is 5.05. The molecule has 0 aliphatic rings. The number of halogens is 3. The van der Waals surface area contributed by atoms with Gasteiger partial charge in [0.2, 0.25) is 0 Å². The molecule has 1 aromatic carbocycles.